The summed E-state index contributed by atoms with van der Waals surface area (Å²) in [5.41, 5.74) is -0.296. The van der Waals surface area contributed by atoms with E-state index in [1.165, 1.54) is 23.5 Å². The van der Waals surface area contributed by atoms with E-state index in [9.17, 15) is 18.0 Å². The molecule has 0 saturated heterocycles. The molecule has 0 saturated carbocycles. The molecule has 7 heteroatoms. The summed E-state index contributed by atoms with van der Waals surface area (Å²) in [5.74, 6) is -0.825. The van der Waals surface area contributed by atoms with Crippen molar-refractivity contribution in [2.24, 2.45) is 0 Å². The lowest BCUT2D eigenvalue weighted by molar-refractivity contribution is -0.137. The lowest BCUT2D eigenvalue weighted by atomic mass is 10.1. The number of thiazole rings is 1. The Kier molecular flexibility index (Phi) is 4.85. The SMILES string of the molecule is O=C(Nc1ncc(Cc2ccccc2)s1)c1ccccc1C(F)(F)F. The van der Waals surface area contributed by atoms with Gasteiger partial charge in [-0.3, -0.25) is 10.1 Å². The number of anilines is 1. The van der Waals surface area contributed by atoms with Gasteiger partial charge in [-0.05, 0) is 17.7 Å². The molecule has 0 bridgehead atoms. The third kappa shape index (κ3) is 4.24. The first-order chi connectivity index (χ1) is 11.9. The van der Waals surface area contributed by atoms with E-state index in [1.807, 2.05) is 30.3 Å². The molecule has 0 aliphatic carbocycles. The third-order valence-electron chi connectivity index (χ3n) is 3.47. The number of benzene rings is 2. The molecule has 0 unspecified atom stereocenters. The summed E-state index contributed by atoms with van der Waals surface area (Å²) in [7, 11) is 0. The number of nitrogens with one attached hydrogen (secondary N) is 1. The van der Waals surface area contributed by atoms with Gasteiger partial charge in [0, 0.05) is 17.5 Å². The topological polar surface area (TPSA) is 42.0 Å². The van der Waals surface area contributed by atoms with Gasteiger partial charge in [0.1, 0.15) is 0 Å². The van der Waals surface area contributed by atoms with Gasteiger partial charge in [0.15, 0.2) is 5.13 Å². The predicted molar refractivity (Wildman–Crippen MR) is 90.8 cm³/mol. The monoisotopic (exact) mass is 362 g/mol. The van der Waals surface area contributed by atoms with Gasteiger partial charge in [0.2, 0.25) is 0 Å². The van der Waals surface area contributed by atoms with Crippen molar-refractivity contribution in [3.05, 3.63) is 82.4 Å². The molecule has 2 aromatic carbocycles. The number of amides is 1. The van der Waals surface area contributed by atoms with Crippen LogP contribution in [-0.2, 0) is 12.6 Å². The number of aromatic nitrogens is 1. The molecule has 0 radical (unpaired) electrons. The number of nitrogens with zero attached hydrogens (tertiary/aromatic N) is 1. The molecule has 1 aromatic heterocycles. The zero-order valence-electron chi connectivity index (χ0n) is 12.9. The molecule has 3 nitrogen and oxygen atoms in total. The molecule has 0 aliphatic heterocycles. The zero-order chi connectivity index (χ0) is 17.9. The lowest BCUT2D eigenvalue weighted by Crippen LogP contribution is -2.18. The summed E-state index contributed by atoms with van der Waals surface area (Å²) in [6.45, 7) is 0. The number of halogens is 3. The van der Waals surface area contributed by atoms with Crippen molar-refractivity contribution in [3.63, 3.8) is 0 Å². The molecule has 3 rings (SSSR count). The standard InChI is InChI=1S/C18H13F3N2OS/c19-18(20,21)15-9-5-4-8-14(15)16(24)23-17-22-11-13(25-17)10-12-6-2-1-3-7-12/h1-9,11H,10H2,(H,22,23,24). The minimum absolute atomic E-state index is 0.271. The smallest absolute Gasteiger partial charge is 0.298 e. The highest BCUT2D eigenvalue weighted by molar-refractivity contribution is 7.15. The molecule has 0 fully saturated rings. The first-order valence-corrected chi connectivity index (χ1v) is 8.21. The van der Waals surface area contributed by atoms with Crippen LogP contribution in [0.25, 0.3) is 0 Å². The van der Waals surface area contributed by atoms with Crippen molar-refractivity contribution in [1.29, 1.82) is 0 Å². The summed E-state index contributed by atoms with van der Waals surface area (Å²) >= 11 is 1.24. The van der Waals surface area contributed by atoms with E-state index >= 15 is 0 Å². The van der Waals surface area contributed by atoms with Crippen molar-refractivity contribution in [3.8, 4) is 0 Å². The van der Waals surface area contributed by atoms with Gasteiger partial charge >= 0.3 is 6.18 Å². The van der Waals surface area contributed by atoms with Gasteiger partial charge in [-0.1, -0.05) is 42.5 Å². The second-order valence-corrected chi connectivity index (χ2v) is 6.41. The Balaban J connectivity index is 1.75. The number of rotatable bonds is 4. The number of carbonyl (C=O) groups is 1. The van der Waals surface area contributed by atoms with Gasteiger partial charge in [0.05, 0.1) is 11.1 Å². The Morgan fingerprint density at radius 2 is 1.72 bits per heavy atom. The van der Waals surface area contributed by atoms with Crippen LogP contribution in [0.15, 0.2) is 60.8 Å². The van der Waals surface area contributed by atoms with Gasteiger partial charge in [-0.2, -0.15) is 13.2 Å². The number of hydrogen-bond donors (Lipinski definition) is 1. The van der Waals surface area contributed by atoms with Crippen LogP contribution in [0.1, 0.15) is 26.4 Å². The Hall–Kier alpha value is -2.67. The van der Waals surface area contributed by atoms with Crippen molar-refractivity contribution in [1.82, 2.24) is 4.98 Å². The van der Waals surface area contributed by atoms with Crippen LogP contribution in [-0.4, -0.2) is 10.9 Å². The fourth-order valence-electron chi connectivity index (χ4n) is 2.34. The summed E-state index contributed by atoms with van der Waals surface area (Å²) in [6, 6.07) is 14.4. The lowest BCUT2D eigenvalue weighted by Gasteiger charge is -2.11. The Morgan fingerprint density at radius 3 is 2.44 bits per heavy atom. The maximum absolute atomic E-state index is 13.0. The van der Waals surface area contributed by atoms with Gasteiger partial charge in [0.25, 0.3) is 5.91 Å². The van der Waals surface area contributed by atoms with Crippen molar-refractivity contribution >= 4 is 22.4 Å². The number of hydrogen-bond acceptors (Lipinski definition) is 3. The molecule has 128 valence electrons. The van der Waals surface area contributed by atoms with E-state index in [4.69, 9.17) is 0 Å². The van der Waals surface area contributed by atoms with Crippen molar-refractivity contribution in [2.45, 2.75) is 12.6 Å². The van der Waals surface area contributed by atoms with E-state index < -0.39 is 23.2 Å². The van der Waals surface area contributed by atoms with Crippen LogP contribution in [0.3, 0.4) is 0 Å². The van der Waals surface area contributed by atoms with Gasteiger partial charge in [-0.15, -0.1) is 11.3 Å². The molecule has 1 amide bonds. The van der Waals surface area contributed by atoms with E-state index in [1.54, 1.807) is 6.20 Å². The third-order valence-corrected chi connectivity index (χ3v) is 4.39. The van der Waals surface area contributed by atoms with E-state index in [0.29, 0.717) is 6.42 Å². The highest BCUT2D eigenvalue weighted by Gasteiger charge is 2.34. The minimum Gasteiger partial charge on any atom is -0.298 e. The Morgan fingerprint density at radius 1 is 1.04 bits per heavy atom. The van der Waals surface area contributed by atoms with Crippen LogP contribution in [0.2, 0.25) is 0 Å². The number of carbonyl (C=O) groups excluding carboxylic acids is 1. The Bertz CT molecular complexity index is 875. The minimum atomic E-state index is -4.59. The maximum atomic E-state index is 13.0. The summed E-state index contributed by atoms with van der Waals surface area (Å²) in [4.78, 5) is 17.2. The van der Waals surface area contributed by atoms with E-state index in [0.717, 1.165) is 22.6 Å². The molecule has 0 aliphatic rings. The van der Waals surface area contributed by atoms with Gasteiger partial charge in [-0.25, -0.2) is 4.98 Å². The summed E-state index contributed by atoms with van der Waals surface area (Å²) < 4.78 is 39.0. The van der Waals surface area contributed by atoms with Crippen molar-refractivity contribution < 1.29 is 18.0 Å². The quantitative estimate of drug-likeness (QED) is 0.709. The highest BCUT2D eigenvalue weighted by Crippen LogP contribution is 2.32. The van der Waals surface area contributed by atoms with Crippen molar-refractivity contribution in [2.75, 3.05) is 5.32 Å². The first kappa shape index (κ1) is 17.2. The second kappa shape index (κ2) is 7.06. The molecular weight excluding hydrogens is 349 g/mol. The Labute approximate surface area is 146 Å². The molecule has 0 atom stereocenters. The molecule has 25 heavy (non-hydrogen) atoms. The van der Waals surface area contributed by atoms with Crippen LogP contribution in [0.4, 0.5) is 18.3 Å². The molecule has 1 heterocycles. The zero-order valence-corrected chi connectivity index (χ0v) is 13.7. The average molecular weight is 362 g/mol. The van der Waals surface area contributed by atoms with Crippen LogP contribution < -0.4 is 5.32 Å². The van der Waals surface area contributed by atoms with E-state index in [2.05, 4.69) is 10.3 Å². The fraction of sp³-hybridized carbons (Fsp3) is 0.111. The first-order valence-electron chi connectivity index (χ1n) is 7.39. The predicted octanol–water partition coefficient (Wildman–Crippen LogP) is 5.01. The second-order valence-electron chi connectivity index (χ2n) is 5.29. The highest BCUT2D eigenvalue weighted by atomic mass is 32.1. The largest absolute Gasteiger partial charge is 0.417 e. The molecule has 0 spiro atoms. The van der Waals surface area contributed by atoms with Crippen LogP contribution >= 0.6 is 11.3 Å². The van der Waals surface area contributed by atoms with Crippen LogP contribution in [0.5, 0.6) is 0 Å². The molecule has 3 aromatic rings. The molecule has 1 N–H and O–H groups in total. The normalized spacial score (nSPS) is 11.3. The van der Waals surface area contributed by atoms with Crippen LogP contribution in [0, 0.1) is 0 Å². The molecular formula is C18H13F3N2OS. The van der Waals surface area contributed by atoms with E-state index in [-0.39, 0.29) is 5.13 Å². The maximum Gasteiger partial charge on any atom is 0.417 e. The van der Waals surface area contributed by atoms with Gasteiger partial charge < -0.3 is 0 Å². The summed E-state index contributed by atoms with van der Waals surface area (Å²) in [5, 5.41) is 2.72. The fourth-order valence-corrected chi connectivity index (χ4v) is 3.18. The summed E-state index contributed by atoms with van der Waals surface area (Å²) in [6.07, 6.45) is -2.33. The number of alkyl halides is 3. The average Bonchev–Trinajstić information content (AvgIpc) is 3.02.